The van der Waals surface area contributed by atoms with Crippen molar-refractivity contribution in [1.82, 2.24) is 5.32 Å². The molecule has 2 fully saturated rings. The third kappa shape index (κ3) is 3.08. The van der Waals surface area contributed by atoms with Gasteiger partial charge in [-0.25, -0.2) is 0 Å². The molecular weight excluding hydrogens is 280 g/mol. The van der Waals surface area contributed by atoms with Crippen molar-refractivity contribution in [3.8, 4) is 5.75 Å². The molecule has 1 aliphatic heterocycles. The molecule has 0 radical (unpaired) electrons. The summed E-state index contributed by atoms with van der Waals surface area (Å²) in [5, 5.41) is 3.00. The van der Waals surface area contributed by atoms with E-state index in [0.29, 0.717) is 18.2 Å². The molecule has 0 spiro atoms. The minimum absolute atomic E-state index is 0.00273. The molecule has 0 bridgehead atoms. The van der Waals surface area contributed by atoms with Crippen molar-refractivity contribution < 1.29 is 14.3 Å². The molecule has 0 aromatic heterocycles. The molecule has 118 valence electrons. The van der Waals surface area contributed by atoms with Crippen LogP contribution >= 0.6 is 0 Å². The molecule has 3 rings (SSSR count). The standard InChI is InChI=1S/C17H22N2O3/c1-22-15-7-3-6-14(9-15)19-11-13(8-16(19)20)17(21)18-10-12-4-2-5-12/h3,6-7,9,12-13H,2,4-5,8,10-11H2,1H3,(H,18,21)/t13-/m1/s1. The molecule has 5 nitrogen and oxygen atoms in total. The number of ether oxygens (including phenoxy) is 1. The third-order valence-electron chi connectivity index (χ3n) is 4.65. The highest BCUT2D eigenvalue weighted by atomic mass is 16.5. The molecule has 1 aromatic rings. The summed E-state index contributed by atoms with van der Waals surface area (Å²) in [7, 11) is 1.60. The average molecular weight is 302 g/mol. The number of rotatable bonds is 5. The lowest BCUT2D eigenvalue weighted by Crippen LogP contribution is -2.37. The zero-order valence-corrected chi connectivity index (χ0v) is 12.9. The summed E-state index contributed by atoms with van der Waals surface area (Å²) in [6.45, 7) is 1.20. The topological polar surface area (TPSA) is 58.6 Å². The number of nitrogens with one attached hydrogen (secondary N) is 1. The van der Waals surface area contributed by atoms with Gasteiger partial charge < -0.3 is 15.0 Å². The van der Waals surface area contributed by atoms with Crippen LogP contribution in [0.4, 0.5) is 5.69 Å². The van der Waals surface area contributed by atoms with E-state index < -0.39 is 0 Å². The third-order valence-corrected chi connectivity index (χ3v) is 4.65. The van der Waals surface area contributed by atoms with Crippen LogP contribution in [0.1, 0.15) is 25.7 Å². The van der Waals surface area contributed by atoms with Crippen LogP contribution in [-0.4, -0.2) is 32.0 Å². The van der Waals surface area contributed by atoms with Crippen molar-refractivity contribution in [2.45, 2.75) is 25.7 Å². The van der Waals surface area contributed by atoms with Crippen LogP contribution in [0.25, 0.3) is 0 Å². The Morgan fingerprint density at radius 3 is 2.91 bits per heavy atom. The zero-order valence-electron chi connectivity index (χ0n) is 12.9. The summed E-state index contributed by atoms with van der Waals surface area (Å²) < 4.78 is 5.19. The first kappa shape index (κ1) is 14.9. The van der Waals surface area contributed by atoms with Crippen molar-refractivity contribution in [3.05, 3.63) is 24.3 Å². The van der Waals surface area contributed by atoms with Gasteiger partial charge in [0, 0.05) is 31.3 Å². The second-order valence-corrected chi connectivity index (χ2v) is 6.15. The summed E-state index contributed by atoms with van der Waals surface area (Å²) in [4.78, 5) is 26.1. The van der Waals surface area contributed by atoms with Gasteiger partial charge in [-0.3, -0.25) is 9.59 Å². The summed E-state index contributed by atoms with van der Waals surface area (Å²) in [6.07, 6.45) is 3.97. The molecule has 22 heavy (non-hydrogen) atoms. The maximum Gasteiger partial charge on any atom is 0.227 e. The first-order chi connectivity index (χ1) is 10.7. The molecule has 1 saturated heterocycles. The Morgan fingerprint density at radius 1 is 1.41 bits per heavy atom. The summed E-state index contributed by atoms with van der Waals surface area (Å²) >= 11 is 0. The van der Waals surface area contributed by atoms with Gasteiger partial charge in [0.25, 0.3) is 0 Å². The van der Waals surface area contributed by atoms with E-state index in [-0.39, 0.29) is 24.2 Å². The van der Waals surface area contributed by atoms with E-state index in [9.17, 15) is 9.59 Å². The first-order valence-electron chi connectivity index (χ1n) is 7.89. The highest BCUT2D eigenvalue weighted by Gasteiger charge is 2.35. The van der Waals surface area contributed by atoms with Crippen molar-refractivity contribution in [3.63, 3.8) is 0 Å². The Labute approximate surface area is 130 Å². The zero-order chi connectivity index (χ0) is 15.5. The van der Waals surface area contributed by atoms with Crippen LogP contribution in [0.5, 0.6) is 5.75 Å². The predicted molar refractivity (Wildman–Crippen MR) is 83.8 cm³/mol. The summed E-state index contributed by atoms with van der Waals surface area (Å²) in [5.41, 5.74) is 0.790. The molecule has 1 atom stereocenters. The van der Waals surface area contributed by atoms with Gasteiger partial charge in [-0.05, 0) is 30.9 Å². The molecule has 0 unspecified atom stereocenters. The largest absolute Gasteiger partial charge is 0.497 e. The Hall–Kier alpha value is -2.04. The number of hydrogen-bond acceptors (Lipinski definition) is 3. The summed E-state index contributed by atoms with van der Waals surface area (Å²) in [6, 6.07) is 7.39. The number of carbonyl (C=O) groups excluding carboxylic acids is 2. The molecule has 1 aliphatic carbocycles. The van der Waals surface area contributed by atoms with Crippen LogP contribution in [0.2, 0.25) is 0 Å². The van der Waals surface area contributed by atoms with Crippen LogP contribution in [0.3, 0.4) is 0 Å². The predicted octanol–water partition coefficient (Wildman–Crippen LogP) is 1.96. The fourth-order valence-corrected chi connectivity index (χ4v) is 3.00. The molecular formula is C17H22N2O3. The van der Waals surface area contributed by atoms with Crippen molar-refractivity contribution >= 4 is 17.5 Å². The number of carbonyl (C=O) groups is 2. The SMILES string of the molecule is COc1cccc(N2C[C@H](C(=O)NCC3CCC3)CC2=O)c1. The monoisotopic (exact) mass is 302 g/mol. The van der Waals surface area contributed by atoms with Crippen LogP contribution < -0.4 is 15.0 Å². The number of amides is 2. The van der Waals surface area contributed by atoms with Crippen molar-refractivity contribution in [2.75, 3.05) is 25.1 Å². The van der Waals surface area contributed by atoms with Crippen molar-refractivity contribution in [1.29, 1.82) is 0 Å². The van der Waals surface area contributed by atoms with Gasteiger partial charge in [0.15, 0.2) is 0 Å². The fraction of sp³-hybridized carbons (Fsp3) is 0.529. The normalized spacial score (nSPS) is 21.6. The van der Waals surface area contributed by atoms with Gasteiger partial charge in [0.05, 0.1) is 13.0 Å². The van der Waals surface area contributed by atoms with E-state index in [1.54, 1.807) is 12.0 Å². The minimum Gasteiger partial charge on any atom is -0.497 e. The number of anilines is 1. The molecule has 1 N–H and O–H groups in total. The van der Waals surface area contributed by atoms with Gasteiger partial charge in [-0.1, -0.05) is 12.5 Å². The smallest absolute Gasteiger partial charge is 0.227 e. The van der Waals surface area contributed by atoms with E-state index in [2.05, 4.69) is 5.32 Å². The van der Waals surface area contributed by atoms with E-state index in [0.717, 1.165) is 12.2 Å². The maximum absolute atomic E-state index is 12.2. The van der Waals surface area contributed by atoms with Crippen LogP contribution in [0, 0.1) is 11.8 Å². The second-order valence-electron chi connectivity index (χ2n) is 6.15. The number of nitrogens with zero attached hydrogens (tertiary/aromatic N) is 1. The molecule has 1 heterocycles. The van der Waals surface area contributed by atoms with Gasteiger partial charge in [0.2, 0.25) is 11.8 Å². The quantitative estimate of drug-likeness (QED) is 0.904. The summed E-state index contributed by atoms with van der Waals surface area (Å²) in [5.74, 6) is 1.10. The average Bonchev–Trinajstić information content (AvgIpc) is 2.87. The lowest BCUT2D eigenvalue weighted by atomic mass is 9.85. The molecule has 2 amide bonds. The molecule has 5 heteroatoms. The fourth-order valence-electron chi connectivity index (χ4n) is 3.00. The first-order valence-corrected chi connectivity index (χ1v) is 7.89. The number of hydrogen-bond donors (Lipinski definition) is 1. The highest BCUT2D eigenvalue weighted by molar-refractivity contribution is 6.00. The molecule has 2 aliphatic rings. The Balaban J connectivity index is 1.60. The highest BCUT2D eigenvalue weighted by Crippen LogP contribution is 2.28. The van der Waals surface area contributed by atoms with E-state index in [1.165, 1.54) is 19.3 Å². The Bertz CT molecular complexity index is 569. The number of methoxy groups -OCH3 is 1. The lowest BCUT2D eigenvalue weighted by molar-refractivity contribution is -0.126. The minimum atomic E-state index is -0.251. The molecule has 1 aromatic carbocycles. The van der Waals surface area contributed by atoms with E-state index >= 15 is 0 Å². The van der Waals surface area contributed by atoms with Gasteiger partial charge in [-0.15, -0.1) is 0 Å². The Morgan fingerprint density at radius 2 is 2.23 bits per heavy atom. The van der Waals surface area contributed by atoms with Crippen molar-refractivity contribution in [2.24, 2.45) is 11.8 Å². The van der Waals surface area contributed by atoms with Crippen LogP contribution in [-0.2, 0) is 9.59 Å². The number of benzene rings is 1. The van der Waals surface area contributed by atoms with Gasteiger partial charge in [-0.2, -0.15) is 0 Å². The van der Waals surface area contributed by atoms with Gasteiger partial charge in [0.1, 0.15) is 5.75 Å². The van der Waals surface area contributed by atoms with E-state index in [1.807, 2.05) is 24.3 Å². The Kier molecular flexibility index (Phi) is 4.32. The lowest BCUT2D eigenvalue weighted by Gasteiger charge is -2.26. The van der Waals surface area contributed by atoms with Crippen LogP contribution in [0.15, 0.2) is 24.3 Å². The van der Waals surface area contributed by atoms with E-state index in [4.69, 9.17) is 4.74 Å². The second kappa shape index (κ2) is 6.38. The maximum atomic E-state index is 12.2. The molecule has 1 saturated carbocycles. The van der Waals surface area contributed by atoms with Gasteiger partial charge >= 0.3 is 0 Å².